The van der Waals surface area contributed by atoms with Gasteiger partial charge >= 0.3 is 0 Å². The van der Waals surface area contributed by atoms with Crippen LogP contribution in [-0.2, 0) is 17.9 Å². The Labute approximate surface area is 200 Å². The monoisotopic (exact) mass is 535 g/mol. The topological polar surface area (TPSA) is 77.0 Å². The smallest absolute Gasteiger partial charge is 0.225 e. The van der Waals surface area contributed by atoms with Crippen molar-refractivity contribution < 1.29 is 4.79 Å². The van der Waals surface area contributed by atoms with Crippen LogP contribution in [0.4, 0.5) is 5.95 Å². The fraction of sp³-hybridized carbons (Fsp3) is 0.455. The van der Waals surface area contributed by atoms with E-state index in [0.29, 0.717) is 19.5 Å². The van der Waals surface area contributed by atoms with Gasteiger partial charge in [-0.05, 0) is 23.6 Å². The standard InChI is InChI=1S/C22H29N7O.HI/c1-23-21(27-11-13-28(14-12-27)22-24-8-4-9-25-22)26-16-18-5-2-6-19(15-18)17-29-10-3-7-20(29)30;/h2,4-6,8-9,15H,3,7,10-14,16-17H2,1H3,(H,23,26);1H. The molecule has 1 amide bonds. The van der Waals surface area contributed by atoms with Crippen LogP contribution in [0.5, 0.6) is 0 Å². The largest absolute Gasteiger partial charge is 0.352 e. The fourth-order valence-corrected chi connectivity index (χ4v) is 4.02. The molecule has 2 saturated heterocycles. The molecule has 9 heteroatoms. The highest BCUT2D eigenvalue weighted by Gasteiger charge is 2.22. The van der Waals surface area contributed by atoms with Crippen LogP contribution in [0.3, 0.4) is 0 Å². The number of benzene rings is 1. The van der Waals surface area contributed by atoms with Gasteiger partial charge in [-0.2, -0.15) is 0 Å². The van der Waals surface area contributed by atoms with Gasteiger partial charge in [0.25, 0.3) is 0 Å². The van der Waals surface area contributed by atoms with Crippen LogP contribution in [0.1, 0.15) is 24.0 Å². The molecular formula is C22H30IN7O. The minimum absolute atomic E-state index is 0. The molecule has 2 aliphatic heterocycles. The van der Waals surface area contributed by atoms with E-state index in [1.165, 1.54) is 11.1 Å². The number of carbonyl (C=O) groups is 1. The number of hydrogen-bond donors (Lipinski definition) is 1. The molecule has 0 unspecified atom stereocenters. The molecule has 0 saturated carbocycles. The minimum atomic E-state index is 0. The number of aromatic nitrogens is 2. The van der Waals surface area contributed by atoms with Crippen LogP contribution in [-0.4, -0.2) is 71.4 Å². The van der Waals surface area contributed by atoms with E-state index in [1.807, 2.05) is 18.0 Å². The summed E-state index contributed by atoms with van der Waals surface area (Å²) in [4.78, 5) is 31.5. The van der Waals surface area contributed by atoms with Crippen LogP contribution >= 0.6 is 24.0 Å². The maximum atomic E-state index is 11.9. The summed E-state index contributed by atoms with van der Waals surface area (Å²) in [6, 6.07) is 10.3. The Hall–Kier alpha value is -2.43. The van der Waals surface area contributed by atoms with E-state index in [9.17, 15) is 4.79 Å². The van der Waals surface area contributed by atoms with E-state index in [4.69, 9.17) is 0 Å². The number of carbonyl (C=O) groups excluding carboxylic acids is 1. The molecule has 3 heterocycles. The van der Waals surface area contributed by atoms with Gasteiger partial charge in [0.15, 0.2) is 5.96 Å². The maximum absolute atomic E-state index is 11.9. The number of piperazine rings is 1. The number of nitrogens with one attached hydrogen (secondary N) is 1. The van der Waals surface area contributed by atoms with Crippen molar-refractivity contribution in [3.05, 3.63) is 53.9 Å². The second kappa shape index (κ2) is 11.3. The van der Waals surface area contributed by atoms with Crippen LogP contribution < -0.4 is 10.2 Å². The number of aliphatic imine (C=N–C) groups is 1. The third kappa shape index (κ3) is 6.05. The lowest BCUT2D eigenvalue weighted by Gasteiger charge is -2.36. The van der Waals surface area contributed by atoms with Gasteiger partial charge in [-0.25, -0.2) is 9.97 Å². The lowest BCUT2D eigenvalue weighted by Crippen LogP contribution is -2.52. The Bertz CT molecular complexity index is 884. The Balaban J connectivity index is 0.00000272. The number of hydrogen-bond acceptors (Lipinski definition) is 5. The Morgan fingerprint density at radius 3 is 2.48 bits per heavy atom. The zero-order chi connectivity index (χ0) is 20.8. The van der Waals surface area contributed by atoms with Crippen LogP contribution in [0, 0.1) is 0 Å². The molecule has 0 bridgehead atoms. The van der Waals surface area contributed by atoms with E-state index >= 15 is 0 Å². The highest BCUT2D eigenvalue weighted by molar-refractivity contribution is 14.0. The van der Waals surface area contributed by atoms with Crippen molar-refractivity contribution in [1.82, 2.24) is 25.1 Å². The molecule has 0 atom stereocenters. The molecule has 0 radical (unpaired) electrons. The Morgan fingerprint density at radius 2 is 1.81 bits per heavy atom. The fourth-order valence-electron chi connectivity index (χ4n) is 4.02. The molecule has 1 N–H and O–H groups in total. The van der Waals surface area contributed by atoms with Crippen molar-refractivity contribution in [2.45, 2.75) is 25.9 Å². The van der Waals surface area contributed by atoms with Gasteiger partial charge in [0.1, 0.15) is 0 Å². The summed E-state index contributed by atoms with van der Waals surface area (Å²) in [5, 5.41) is 3.49. The summed E-state index contributed by atoms with van der Waals surface area (Å²) in [6.07, 6.45) is 5.22. The van der Waals surface area contributed by atoms with Crippen LogP contribution in [0.15, 0.2) is 47.7 Å². The van der Waals surface area contributed by atoms with Crippen LogP contribution in [0.2, 0.25) is 0 Å². The van der Waals surface area contributed by atoms with E-state index < -0.39 is 0 Å². The van der Waals surface area contributed by atoms with Gasteiger partial charge in [-0.3, -0.25) is 9.79 Å². The minimum Gasteiger partial charge on any atom is -0.352 e. The maximum Gasteiger partial charge on any atom is 0.225 e. The summed E-state index contributed by atoms with van der Waals surface area (Å²) >= 11 is 0. The molecule has 0 aliphatic carbocycles. The van der Waals surface area contributed by atoms with Crippen molar-refractivity contribution >= 4 is 41.8 Å². The highest BCUT2D eigenvalue weighted by atomic mass is 127. The zero-order valence-corrected chi connectivity index (χ0v) is 20.2. The number of halogens is 1. The van der Waals surface area contributed by atoms with Gasteiger partial charge in [-0.15, -0.1) is 24.0 Å². The average Bonchev–Trinajstić information content (AvgIpc) is 3.20. The lowest BCUT2D eigenvalue weighted by molar-refractivity contribution is -0.128. The molecule has 1 aromatic carbocycles. The molecule has 1 aromatic heterocycles. The first-order valence-electron chi connectivity index (χ1n) is 10.6. The third-order valence-electron chi connectivity index (χ3n) is 5.61. The molecule has 2 aliphatic rings. The van der Waals surface area contributed by atoms with Crippen molar-refractivity contribution in [3.63, 3.8) is 0 Å². The zero-order valence-electron chi connectivity index (χ0n) is 17.9. The summed E-state index contributed by atoms with van der Waals surface area (Å²) in [5.41, 5.74) is 2.37. The second-order valence-electron chi connectivity index (χ2n) is 7.66. The number of nitrogens with zero attached hydrogens (tertiary/aromatic N) is 6. The highest BCUT2D eigenvalue weighted by Crippen LogP contribution is 2.15. The van der Waals surface area contributed by atoms with Crippen molar-refractivity contribution in [2.75, 3.05) is 44.7 Å². The van der Waals surface area contributed by atoms with Crippen molar-refractivity contribution in [3.8, 4) is 0 Å². The van der Waals surface area contributed by atoms with Gasteiger partial charge in [0.2, 0.25) is 11.9 Å². The predicted octanol–water partition coefficient (Wildman–Crippen LogP) is 2.11. The molecule has 2 aromatic rings. The SMILES string of the molecule is CN=C(NCc1cccc(CN2CCCC2=O)c1)N1CCN(c2ncccn2)CC1.I. The summed E-state index contributed by atoms with van der Waals surface area (Å²) < 4.78 is 0. The molecule has 2 fully saturated rings. The first-order chi connectivity index (χ1) is 14.7. The van der Waals surface area contributed by atoms with Crippen molar-refractivity contribution in [1.29, 1.82) is 0 Å². The summed E-state index contributed by atoms with van der Waals surface area (Å²) in [5.74, 6) is 1.95. The van der Waals surface area contributed by atoms with Gasteiger partial charge in [0.05, 0.1) is 0 Å². The molecule has 8 nitrogen and oxygen atoms in total. The molecule has 0 spiro atoms. The quantitative estimate of drug-likeness (QED) is 0.359. The normalized spacial score (nSPS) is 17.0. The first-order valence-corrected chi connectivity index (χ1v) is 10.6. The number of rotatable bonds is 5. The molecule has 31 heavy (non-hydrogen) atoms. The number of amides is 1. The average molecular weight is 535 g/mol. The number of anilines is 1. The van der Waals surface area contributed by atoms with Crippen LogP contribution in [0.25, 0.3) is 0 Å². The summed E-state index contributed by atoms with van der Waals surface area (Å²) in [7, 11) is 1.82. The summed E-state index contributed by atoms with van der Waals surface area (Å²) in [6.45, 7) is 5.74. The second-order valence-corrected chi connectivity index (χ2v) is 7.66. The van der Waals surface area contributed by atoms with Gasteiger partial charge in [-0.1, -0.05) is 24.3 Å². The predicted molar refractivity (Wildman–Crippen MR) is 133 cm³/mol. The molecular weight excluding hydrogens is 505 g/mol. The number of likely N-dealkylation sites (tertiary alicyclic amines) is 1. The Morgan fingerprint density at radius 1 is 1.06 bits per heavy atom. The first kappa shape index (κ1) is 23.2. The van der Waals surface area contributed by atoms with E-state index in [-0.39, 0.29) is 29.9 Å². The molecule has 4 rings (SSSR count). The molecule has 166 valence electrons. The van der Waals surface area contributed by atoms with E-state index in [2.05, 4.69) is 54.3 Å². The third-order valence-corrected chi connectivity index (χ3v) is 5.61. The number of guanidine groups is 1. The van der Waals surface area contributed by atoms with Gasteiger partial charge < -0.3 is 20.0 Å². The Kier molecular flexibility index (Phi) is 8.44. The lowest BCUT2D eigenvalue weighted by atomic mass is 10.1. The van der Waals surface area contributed by atoms with Crippen molar-refractivity contribution in [2.24, 2.45) is 4.99 Å². The van der Waals surface area contributed by atoms with E-state index in [0.717, 1.165) is 51.1 Å². The van der Waals surface area contributed by atoms with E-state index in [1.54, 1.807) is 12.4 Å². The van der Waals surface area contributed by atoms with Gasteiger partial charge in [0, 0.05) is 71.7 Å².